The van der Waals surface area contributed by atoms with Crippen LogP contribution in [-0.4, -0.2) is 29.4 Å². The number of rotatable bonds is 5. The van der Waals surface area contributed by atoms with Gasteiger partial charge in [0.25, 0.3) is 0 Å². The molecule has 1 atom stereocenters. The van der Waals surface area contributed by atoms with Crippen LogP contribution in [0.25, 0.3) is 0 Å². The SMILES string of the molecule is CC(C)NC1CCCN(Cc2ccc(C(C)C)cc2)C1=O. The highest BCUT2D eigenvalue weighted by molar-refractivity contribution is 5.82. The maximum Gasteiger partial charge on any atom is 0.240 e. The third-order valence-electron chi connectivity index (χ3n) is 4.08. The van der Waals surface area contributed by atoms with E-state index in [1.807, 2.05) is 4.90 Å². The molecule has 1 aromatic rings. The number of likely N-dealkylation sites (tertiary alicyclic amines) is 1. The summed E-state index contributed by atoms with van der Waals surface area (Å²) in [7, 11) is 0. The molecule has 0 aliphatic carbocycles. The molecule has 0 aromatic heterocycles. The number of hydrogen-bond donors (Lipinski definition) is 1. The van der Waals surface area contributed by atoms with Crippen LogP contribution in [0.3, 0.4) is 0 Å². The minimum absolute atomic E-state index is 0.00585. The topological polar surface area (TPSA) is 32.3 Å². The summed E-state index contributed by atoms with van der Waals surface area (Å²) in [6, 6.07) is 9.01. The van der Waals surface area contributed by atoms with Crippen molar-refractivity contribution in [2.75, 3.05) is 6.54 Å². The Morgan fingerprint density at radius 1 is 1.19 bits per heavy atom. The van der Waals surface area contributed by atoms with Crippen molar-refractivity contribution >= 4 is 5.91 Å². The smallest absolute Gasteiger partial charge is 0.240 e. The second-order valence-electron chi connectivity index (χ2n) is 6.67. The fraction of sp³-hybridized carbons (Fsp3) is 0.611. The molecule has 0 bridgehead atoms. The fourth-order valence-electron chi connectivity index (χ4n) is 2.88. The maximum absolute atomic E-state index is 12.5. The zero-order valence-corrected chi connectivity index (χ0v) is 13.7. The summed E-state index contributed by atoms with van der Waals surface area (Å²) >= 11 is 0. The van der Waals surface area contributed by atoms with Gasteiger partial charge in [0.15, 0.2) is 0 Å². The number of carbonyl (C=O) groups excluding carboxylic acids is 1. The van der Waals surface area contributed by atoms with Crippen molar-refractivity contribution < 1.29 is 4.79 Å². The molecule has 0 spiro atoms. The van der Waals surface area contributed by atoms with Crippen LogP contribution in [0.4, 0.5) is 0 Å². The minimum Gasteiger partial charge on any atom is -0.337 e. The third kappa shape index (κ3) is 4.31. The zero-order valence-electron chi connectivity index (χ0n) is 13.7. The van der Waals surface area contributed by atoms with E-state index >= 15 is 0 Å². The van der Waals surface area contributed by atoms with E-state index in [1.165, 1.54) is 11.1 Å². The molecule has 1 amide bonds. The molecule has 3 heteroatoms. The van der Waals surface area contributed by atoms with Gasteiger partial charge in [-0.15, -0.1) is 0 Å². The molecule has 3 nitrogen and oxygen atoms in total. The van der Waals surface area contributed by atoms with E-state index in [4.69, 9.17) is 0 Å². The van der Waals surface area contributed by atoms with Crippen molar-refractivity contribution in [3.8, 4) is 0 Å². The standard InChI is InChI=1S/C18H28N2O/c1-13(2)16-9-7-15(8-10-16)12-20-11-5-6-17(18(20)21)19-14(3)4/h7-10,13-14,17,19H,5-6,11-12H2,1-4H3. The van der Waals surface area contributed by atoms with Crippen LogP contribution in [0, 0.1) is 0 Å². The van der Waals surface area contributed by atoms with Gasteiger partial charge in [0, 0.05) is 19.1 Å². The molecule has 1 aromatic carbocycles. The Morgan fingerprint density at radius 3 is 2.43 bits per heavy atom. The van der Waals surface area contributed by atoms with Crippen molar-refractivity contribution in [3.05, 3.63) is 35.4 Å². The van der Waals surface area contributed by atoms with E-state index in [2.05, 4.69) is 57.3 Å². The Labute approximate surface area is 128 Å². The molecule has 1 aliphatic rings. The molecule has 1 aliphatic heterocycles. The van der Waals surface area contributed by atoms with Gasteiger partial charge in [0.2, 0.25) is 5.91 Å². The lowest BCUT2D eigenvalue weighted by Gasteiger charge is -2.33. The van der Waals surface area contributed by atoms with Crippen molar-refractivity contribution in [2.24, 2.45) is 0 Å². The Hall–Kier alpha value is -1.35. The molecule has 2 rings (SSSR count). The molecule has 0 radical (unpaired) electrons. The summed E-state index contributed by atoms with van der Waals surface area (Å²) in [6.07, 6.45) is 2.04. The average Bonchev–Trinajstić information content (AvgIpc) is 2.43. The Kier molecular flexibility index (Phi) is 5.40. The van der Waals surface area contributed by atoms with Crippen LogP contribution in [0.5, 0.6) is 0 Å². The number of benzene rings is 1. The van der Waals surface area contributed by atoms with E-state index < -0.39 is 0 Å². The van der Waals surface area contributed by atoms with Gasteiger partial charge in [-0.25, -0.2) is 0 Å². The number of nitrogens with zero attached hydrogens (tertiary/aromatic N) is 1. The molecular formula is C18H28N2O. The molecule has 1 saturated heterocycles. The lowest BCUT2D eigenvalue weighted by atomic mass is 10.0. The van der Waals surface area contributed by atoms with Crippen LogP contribution < -0.4 is 5.32 Å². The van der Waals surface area contributed by atoms with E-state index in [-0.39, 0.29) is 11.9 Å². The highest BCUT2D eigenvalue weighted by atomic mass is 16.2. The summed E-state index contributed by atoms with van der Waals surface area (Å²) in [5.74, 6) is 0.804. The predicted octanol–water partition coefficient (Wildman–Crippen LogP) is 3.30. The molecule has 116 valence electrons. The number of piperidine rings is 1. The predicted molar refractivity (Wildman–Crippen MR) is 87.2 cm³/mol. The number of carbonyl (C=O) groups is 1. The lowest BCUT2D eigenvalue weighted by molar-refractivity contribution is -0.136. The molecular weight excluding hydrogens is 260 g/mol. The van der Waals surface area contributed by atoms with Gasteiger partial charge in [-0.1, -0.05) is 52.0 Å². The maximum atomic E-state index is 12.5. The van der Waals surface area contributed by atoms with Gasteiger partial charge >= 0.3 is 0 Å². The van der Waals surface area contributed by atoms with Gasteiger partial charge in [-0.3, -0.25) is 4.79 Å². The largest absolute Gasteiger partial charge is 0.337 e. The molecule has 1 unspecified atom stereocenters. The molecule has 1 N–H and O–H groups in total. The summed E-state index contributed by atoms with van der Waals surface area (Å²) < 4.78 is 0. The summed E-state index contributed by atoms with van der Waals surface area (Å²) in [5, 5.41) is 3.38. The third-order valence-corrected chi connectivity index (χ3v) is 4.08. The van der Waals surface area contributed by atoms with Crippen molar-refractivity contribution in [1.82, 2.24) is 10.2 Å². The van der Waals surface area contributed by atoms with Gasteiger partial charge in [0.1, 0.15) is 0 Å². The Bertz CT molecular complexity index is 465. The van der Waals surface area contributed by atoms with Gasteiger partial charge < -0.3 is 10.2 Å². The normalized spacial score (nSPS) is 19.6. The lowest BCUT2D eigenvalue weighted by Crippen LogP contribution is -2.51. The van der Waals surface area contributed by atoms with Crippen LogP contribution in [0.15, 0.2) is 24.3 Å². The fourth-order valence-corrected chi connectivity index (χ4v) is 2.88. The number of amides is 1. The molecule has 0 saturated carbocycles. The first-order valence-electron chi connectivity index (χ1n) is 8.11. The number of hydrogen-bond acceptors (Lipinski definition) is 2. The highest BCUT2D eigenvalue weighted by Crippen LogP contribution is 2.18. The van der Waals surface area contributed by atoms with Gasteiger partial charge in [-0.05, 0) is 29.9 Å². The van der Waals surface area contributed by atoms with Crippen molar-refractivity contribution in [2.45, 2.75) is 65.1 Å². The molecule has 1 heterocycles. The van der Waals surface area contributed by atoms with E-state index in [1.54, 1.807) is 0 Å². The van der Waals surface area contributed by atoms with Crippen molar-refractivity contribution in [3.63, 3.8) is 0 Å². The molecule has 21 heavy (non-hydrogen) atoms. The summed E-state index contributed by atoms with van der Waals surface area (Å²) in [6.45, 7) is 10.2. The van der Waals surface area contributed by atoms with Gasteiger partial charge in [-0.2, -0.15) is 0 Å². The number of nitrogens with one attached hydrogen (secondary N) is 1. The zero-order chi connectivity index (χ0) is 15.4. The van der Waals surface area contributed by atoms with E-state index in [0.717, 1.165) is 25.9 Å². The van der Waals surface area contributed by atoms with Crippen LogP contribution >= 0.6 is 0 Å². The van der Waals surface area contributed by atoms with E-state index in [0.29, 0.717) is 12.0 Å². The minimum atomic E-state index is -0.00585. The Balaban J connectivity index is 1.99. The quantitative estimate of drug-likeness (QED) is 0.901. The van der Waals surface area contributed by atoms with Crippen molar-refractivity contribution in [1.29, 1.82) is 0 Å². The summed E-state index contributed by atoms with van der Waals surface area (Å²) in [5.41, 5.74) is 2.57. The first-order chi connectivity index (χ1) is 9.97. The first-order valence-corrected chi connectivity index (χ1v) is 8.11. The highest BCUT2D eigenvalue weighted by Gasteiger charge is 2.28. The van der Waals surface area contributed by atoms with Crippen LogP contribution in [-0.2, 0) is 11.3 Å². The summed E-state index contributed by atoms with van der Waals surface area (Å²) in [4.78, 5) is 14.5. The average molecular weight is 288 g/mol. The monoisotopic (exact) mass is 288 g/mol. The second kappa shape index (κ2) is 7.08. The first kappa shape index (κ1) is 16.0. The van der Waals surface area contributed by atoms with Gasteiger partial charge in [0.05, 0.1) is 6.04 Å². The second-order valence-corrected chi connectivity index (χ2v) is 6.67. The van der Waals surface area contributed by atoms with E-state index in [9.17, 15) is 4.79 Å². The van der Waals surface area contributed by atoms with Crippen LogP contribution in [0.2, 0.25) is 0 Å². The molecule has 1 fully saturated rings. The Morgan fingerprint density at radius 2 is 1.86 bits per heavy atom. The van der Waals surface area contributed by atoms with Crippen LogP contribution in [0.1, 0.15) is 57.6 Å².